The summed E-state index contributed by atoms with van der Waals surface area (Å²) in [5.74, 6) is 0. The highest BCUT2D eigenvalue weighted by Gasteiger charge is 2.46. The molecule has 2 amide bonds. The van der Waals surface area contributed by atoms with Crippen LogP contribution in [0.1, 0.15) is 18.5 Å². The summed E-state index contributed by atoms with van der Waals surface area (Å²) in [7, 11) is 0. The number of carbonyl (C=O) groups is 1. The van der Waals surface area contributed by atoms with Gasteiger partial charge in [-0.05, 0) is 40.9 Å². The highest BCUT2D eigenvalue weighted by atomic mass is 79.9. The van der Waals surface area contributed by atoms with Gasteiger partial charge in [-0.2, -0.15) is 5.10 Å². The molecule has 7 nitrogen and oxygen atoms in total. The molecule has 128 valence electrons. The van der Waals surface area contributed by atoms with E-state index >= 15 is 0 Å². The second-order valence-electron chi connectivity index (χ2n) is 6.93. The third kappa shape index (κ3) is 2.13. The molecule has 0 radical (unpaired) electrons. The first kappa shape index (κ1) is 14.9. The Kier molecular flexibility index (Phi) is 3.03. The normalized spacial score (nSPS) is 22.2. The minimum atomic E-state index is -0.331. The summed E-state index contributed by atoms with van der Waals surface area (Å²) >= 11 is 3.54. The van der Waals surface area contributed by atoms with E-state index in [-0.39, 0.29) is 11.4 Å². The SMILES string of the molecule is NC(=O)N1CCC2(CCn3nc(-c4cnc5[nH]cc(Br)c5c4)cc32)C1. The van der Waals surface area contributed by atoms with Gasteiger partial charge in [-0.3, -0.25) is 4.68 Å². The number of rotatable bonds is 1. The van der Waals surface area contributed by atoms with E-state index in [1.54, 1.807) is 4.90 Å². The number of urea groups is 1. The van der Waals surface area contributed by atoms with E-state index in [4.69, 9.17) is 10.8 Å². The average Bonchev–Trinajstić information content (AvgIpc) is 3.34. The molecule has 1 fully saturated rings. The van der Waals surface area contributed by atoms with Gasteiger partial charge in [-0.15, -0.1) is 0 Å². The second kappa shape index (κ2) is 5.08. The monoisotopic (exact) mass is 400 g/mol. The largest absolute Gasteiger partial charge is 0.351 e. The van der Waals surface area contributed by atoms with E-state index in [1.165, 1.54) is 5.69 Å². The number of hydrogen-bond donors (Lipinski definition) is 2. The van der Waals surface area contributed by atoms with Gasteiger partial charge in [0.1, 0.15) is 5.65 Å². The Bertz CT molecular complexity index is 1010. The number of primary amides is 1. The highest BCUT2D eigenvalue weighted by molar-refractivity contribution is 9.10. The molecule has 0 bridgehead atoms. The fraction of sp³-hybridized carbons (Fsp3) is 0.353. The van der Waals surface area contributed by atoms with Crippen molar-refractivity contribution < 1.29 is 4.79 Å². The first-order valence-electron chi connectivity index (χ1n) is 8.31. The molecule has 5 heterocycles. The van der Waals surface area contributed by atoms with E-state index < -0.39 is 0 Å². The molecule has 0 aliphatic carbocycles. The highest BCUT2D eigenvalue weighted by Crippen LogP contribution is 2.43. The third-order valence-corrected chi connectivity index (χ3v) is 6.22. The molecule has 0 aromatic carbocycles. The topological polar surface area (TPSA) is 92.8 Å². The summed E-state index contributed by atoms with van der Waals surface area (Å²) in [5.41, 5.74) is 9.44. The lowest BCUT2D eigenvalue weighted by Gasteiger charge is -2.22. The van der Waals surface area contributed by atoms with Crippen molar-refractivity contribution in [2.75, 3.05) is 13.1 Å². The van der Waals surface area contributed by atoms with Gasteiger partial charge in [0.2, 0.25) is 0 Å². The fourth-order valence-electron chi connectivity index (χ4n) is 4.19. The van der Waals surface area contributed by atoms with Crippen LogP contribution in [0.15, 0.2) is 29.0 Å². The molecule has 25 heavy (non-hydrogen) atoms. The van der Waals surface area contributed by atoms with E-state index in [0.29, 0.717) is 6.54 Å². The van der Waals surface area contributed by atoms with Gasteiger partial charge >= 0.3 is 6.03 Å². The Hall–Kier alpha value is -2.35. The summed E-state index contributed by atoms with van der Waals surface area (Å²) in [6.07, 6.45) is 5.70. The smallest absolute Gasteiger partial charge is 0.314 e. The lowest BCUT2D eigenvalue weighted by molar-refractivity contribution is 0.215. The molecule has 1 atom stereocenters. The van der Waals surface area contributed by atoms with E-state index in [2.05, 4.69) is 42.7 Å². The number of halogens is 1. The molecule has 2 aliphatic rings. The molecule has 3 aromatic rings. The van der Waals surface area contributed by atoms with Crippen molar-refractivity contribution in [3.8, 4) is 11.3 Å². The Morgan fingerprint density at radius 3 is 2.96 bits per heavy atom. The number of pyridine rings is 1. The molecule has 3 N–H and O–H groups in total. The van der Waals surface area contributed by atoms with Crippen molar-refractivity contribution in [1.29, 1.82) is 0 Å². The number of nitrogens with one attached hydrogen (secondary N) is 1. The summed E-state index contributed by atoms with van der Waals surface area (Å²) in [6, 6.07) is 3.92. The summed E-state index contributed by atoms with van der Waals surface area (Å²) in [5, 5.41) is 5.83. The third-order valence-electron chi connectivity index (χ3n) is 5.57. The Morgan fingerprint density at radius 1 is 1.32 bits per heavy atom. The van der Waals surface area contributed by atoms with Crippen LogP contribution in [-0.2, 0) is 12.0 Å². The van der Waals surface area contributed by atoms with Crippen LogP contribution < -0.4 is 5.73 Å². The molecular weight excluding hydrogens is 384 g/mol. The number of H-pyrrole nitrogens is 1. The maximum absolute atomic E-state index is 11.5. The number of aromatic nitrogens is 4. The molecule has 2 aliphatic heterocycles. The van der Waals surface area contributed by atoms with E-state index in [1.807, 2.05) is 12.4 Å². The summed E-state index contributed by atoms with van der Waals surface area (Å²) in [6.45, 7) is 2.29. The van der Waals surface area contributed by atoms with Gasteiger partial charge in [-0.1, -0.05) is 0 Å². The minimum Gasteiger partial charge on any atom is -0.351 e. The molecule has 1 unspecified atom stereocenters. The molecule has 0 saturated carbocycles. The Labute approximate surface area is 152 Å². The predicted octanol–water partition coefficient (Wildman–Crippen LogP) is 2.61. The van der Waals surface area contributed by atoms with Crippen LogP contribution >= 0.6 is 15.9 Å². The quantitative estimate of drug-likeness (QED) is 0.657. The van der Waals surface area contributed by atoms with Crippen LogP contribution in [-0.4, -0.2) is 43.8 Å². The predicted molar refractivity (Wildman–Crippen MR) is 97.1 cm³/mol. The minimum absolute atomic E-state index is 0.00746. The molecule has 5 rings (SSSR count). The first-order chi connectivity index (χ1) is 12.1. The van der Waals surface area contributed by atoms with Gasteiger partial charge in [0.25, 0.3) is 0 Å². The molecule has 3 aromatic heterocycles. The van der Waals surface area contributed by atoms with Crippen molar-refractivity contribution in [2.24, 2.45) is 5.73 Å². The first-order valence-corrected chi connectivity index (χ1v) is 9.11. The molecule has 1 spiro atoms. The van der Waals surface area contributed by atoms with Crippen molar-refractivity contribution in [3.05, 3.63) is 34.7 Å². The lowest BCUT2D eigenvalue weighted by atomic mass is 9.82. The van der Waals surface area contributed by atoms with Gasteiger partial charge in [0.05, 0.1) is 5.69 Å². The Morgan fingerprint density at radius 2 is 2.16 bits per heavy atom. The van der Waals surface area contributed by atoms with Crippen molar-refractivity contribution >= 4 is 33.0 Å². The number of aromatic amines is 1. The second-order valence-corrected chi connectivity index (χ2v) is 7.79. The zero-order chi connectivity index (χ0) is 17.2. The van der Waals surface area contributed by atoms with Crippen molar-refractivity contribution in [1.82, 2.24) is 24.6 Å². The number of amides is 2. The van der Waals surface area contributed by atoms with Crippen LogP contribution in [0, 0.1) is 0 Å². The number of aryl methyl sites for hydroxylation is 1. The summed E-state index contributed by atoms with van der Waals surface area (Å²) < 4.78 is 3.07. The van der Waals surface area contributed by atoms with Crippen LogP contribution in [0.2, 0.25) is 0 Å². The van der Waals surface area contributed by atoms with Crippen LogP contribution in [0.3, 0.4) is 0 Å². The van der Waals surface area contributed by atoms with Crippen molar-refractivity contribution in [2.45, 2.75) is 24.8 Å². The van der Waals surface area contributed by atoms with Gasteiger partial charge in [0.15, 0.2) is 0 Å². The number of carbonyl (C=O) groups excluding carboxylic acids is 1. The van der Waals surface area contributed by atoms with E-state index in [0.717, 1.165) is 52.7 Å². The van der Waals surface area contributed by atoms with E-state index in [9.17, 15) is 4.79 Å². The fourth-order valence-corrected chi connectivity index (χ4v) is 4.60. The van der Waals surface area contributed by atoms with Crippen molar-refractivity contribution in [3.63, 3.8) is 0 Å². The zero-order valence-electron chi connectivity index (χ0n) is 13.5. The summed E-state index contributed by atoms with van der Waals surface area (Å²) in [4.78, 5) is 20.9. The zero-order valence-corrected chi connectivity index (χ0v) is 15.1. The van der Waals surface area contributed by atoms with Gasteiger partial charge in [-0.25, -0.2) is 9.78 Å². The van der Waals surface area contributed by atoms with Gasteiger partial charge in [0, 0.05) is 58.6 Å². The maximum atomic E-state index is 11.5. The average molecular weight is 401 g/mol. The van der Waals surface area contributed by atoms with Crippen LogP contribution in [0.5, 0.6) is 0 Å². The maximum Gasteiger partial charge on any atom is 0.314 e. The molecular formula is C17H17BrN6O. The number of fused-ring (bicyclic) bond motifs is 3. The molecule has 8 heteroatoms. The standard InChI is InChI=1S/C17H17BrN6O/c18-12-8-21-15-11(12)5-10(7-20-15)13-6-14-17(2-4-24(14)22-13)1-3-23(9-17)16(19)25/h5-8H,1-4,9H2,(H2,19,25)(H,20,21). The Balaban J connectivity index is 1.54. The number of hydrogen-bond acceptors (Lipinski definition) is 3. The van der Waals surface area contributed by atoms with Crippen LogP contribution in [0.25, 0.3) is 22.3 Å². The molecule has 1 saturated heterocycles. The van der Waals surface area contributed by atoms with Gasteiger partial charge < -0.3 is 15.6 Å². The number of likely N-dealkylation sites (tertiary alicyclic amines) is 1. The number of nitrogens with two attached hydrogens (primary N) is 1. The van der Waals surface area contributed by atoms with Crippen LogP contribution in [0.4, 0.5) is 4.79 Å². The lowest BCUT2D eigenvalue weighted by Crippen LogP contribution is -2.36. The number of nitrogens with zero attached hydrogens (tertiary/aromatic N) is 4.